The van der Waals surface area contributed by atoms with Crippen LogP contribution >= 0.6 is 0 Å². The number of hydrogen-bond acceptors (Lipinski definition) is 6. The first-order valence-electron chi connectivity index (χ1n) is 9.74. The highest BCUT2D eigenvalue weighted by molar-refractivity contribution is 5.99. The zero-order valence-electron chi connectivity index (χ0n) is 16.4. The van der Waals surface area contributed by atoms with Crippen LogP contribution < -0.4 is 14.2 Å². The number of benzene rings is 2. The molecule has 0 saturated carbocycles. The third kappa shape index (κ3) is 3.01. The molecule has 2 aliphatic rings. The number of hydrazone groups is 1. The van der Waals surface area contributed by atoms with E-state index >= 15 is 0 Å². The van der Waals surface area contributed by atoms with E-state index in [9.17, 15) is 0 Å². The number of hydrogen-bond donors (Lipinski definition) is 0. The first-order valence-corrected chi connectivity index (χ1v) is 9.74. The van der Waals surface area contributed by atoms with Crippen LogP contribution in [0.5, 0.6) is 17.2 Å². The van der Waals surface area contributed by atoms with Gasteiger partial charge in [-0.1, -0.05) is 12.1 Å². The monoisotopic (exact) mass is 390 g/mol. The first kappa shape index (κ1) is 17.7. The summed E-state index contributed by atoms with van der Waals surface area (Å²) in [5.41, 5.74) is 2.99. The second kappa shape index (κ2) is 7.20. The molecule has 2 aromatic carbocycles. The van der Waals surface area contributed by atoms with Crippen molar-refractivity contribution < 1.29 is 18.6 Å². The van der Waals surface area contributed by atoms with E-state index in [2.05, 4.69) is 6.07 Å². The van der Waals surface area contributed by atoms with Crippen molar-refractivity contribution in [2.75, 3.05) is 13.7 Å². The van der Waals surface area contributed by atoms with Gasteiger partial charge in [-0.05, 0) is 49.4 Å². The smallest absolute Gasteiger partial charge is 0.214 e. The largest absolute Gasteiger partial charge is 0.497 e. The molecule has 0 bridgehead atoms. The number of nitrogens with zero attached hydrogens (tertiary/aromatic N) is 2. The standard InChI is InChI=1S/C23H22N2O4/c1-3-27-21-7-4-6-17-19-14-18(20-8-5-13-28-20)24-25(19)23(29-22(17)21)15-9-11-16(26-2)12-10-15/h4-13,19,23H,3,14H2,1-2H3. The molecule has 5 rings (SSSR count). The number of rotatable bonds is 5. The topological polar surface area (TPSA) is 56.4 Å². The van der Waals surface area contributed by atoms with Gasteiger partial charge in [-0.3, -0.25) is 0 Å². The third-order valence-electron chi connectivity index (χ3n) is 5.29. The van der Waals surface area contributed by atoms with Crippen LogP contribution in [0.4, 0.5) is 0 Å². The molecular formula is C23H22N2O4. The summed E-state index contributed by atoms with van der Waals surface area (Å²) in [6.07, 6.45) is 2.05. The Morgan fingerprint density at radius 3 is 2.69 bits per heavy atom. The fourth-order valence-corrected chi connectivity index (χ4v) is 3.93. The van der Waals surface area contributed by atoms with Gasteiger partial charge in [-0.2, -0.15) is 5.10 Å². The zero-order chi connectivity index (χ0) is 19.8. The van der Waals surface area contributed by atoms with Crippen LogP contribution in [-0.4, -0.2) is 24.4 Å². The summed E-state index contributed by atoms with van der Waals surface area (Å²) in [5, 5.41) is 6.91. The van der Waals surface area contributed by atoms with Crippen LogP contribution in [0.2, 0.25) is 0 Å². The summed E-state index contributed by atoms with van der Waals surface area (Å²) < 4.78 is 23.2. The maximum absolute atomic E-state index is 6.48. The van der Waals surface area contributed by atoms with E-state index in [0.717, 1.165) is 46.3 Å². The van der Waals surface area contributed by atoms with E-state index in [1.807, 2.05) is 60.5 Å². The number of fused-ring (bicyclic) bond motifs is 3. The summed E-state index contributed by atoms with van der Waals surface area (Å²) in [7, 11) is 1.66. The minimum Gasteiger partial charge on any atom is -0.497 e. The Morgan fingerprint density at radius 2 is 1.97 bits per heavy atom. The molecule has 3 aromatic rings. The second-order valence-corrected chi connectivity index (χ2v) is 6.97. The summed E-state index contributed by atoms with van der Waals surface area (Å²) in [4.78, 5) is 0. The molecule has 6 heteroatoms. The zero-order valence-corrected chi connectivity index (χ0v) is 16.4. The van der Waals surface area contributed by atoms with Gasteiger partial charge in [0.1, 0.15) is 17.2 Å². The van der Waals surface area contributed by atoms with Crippen LogP contribution in [0.15, 0.2) is 70.4 Å². The Labute approximate surface area is 169 Å². The predicted molar refractivity (Wildman–Crippen MR) is 108 cm³/mol. The predicted octanol–water partition coefficient (Wildman–Crippen LogP) is 4.93. The average molecular weight is 390 g/mol. The molecule has 2 atom stereocenters. The lowest BCUT2D eigenvalue weighted by Crippen LogP contribution is -2.33. The highest BCUT2D eigenvalue weighted by atomic mass is 16.5. The third-order valence-corrected chi connectivity index (χ3v) is 5.29. The molecule has 6 nitrogen and oxygen atoms in total. The first-order chi connectivity index (χ1) is 14.3. The van der Waals surface area contributed by atoms with Crippen molar-refractivity contribution in [1.29, 1.82) is 0 Å². The van der Waals surface area contributed by atoms with Crippen molar-refractivity contribution in [3.63, 3.8) is 0 Å². The van der Waals surface area contributed by atoms with Crippen molar-refractivity contribution >= 4 is 5.71 Å². The van der Waals surface area contributed by atoms with Crippen molar-refractivity contribution in [2.24, 2.45) is 5.10 Å². The molecule has 0 N–H and O–H groups in total. The van der Waals surface area contributed by atoms with Crippen molar-refractivity contribution in [3.8, 4) is 17.2 Å². The SMILES string of the molecule is CCOc1cccc2c1OC(c1ccc(OC)cc1)N1N=C(c3ccco3)CC21. The Bertz CT molecular complexity index is 1030. The maximum atomic E-state index is 6.48. The molecule has 0 radical (unpaired) electrons. The van der Waals surface area contributed by atoms with Gasteiger partial charge in [0.25, 0.3) is 0 Å². The van der Waals surface area contributed by atoms with Gasteiger partial charge >= 0.3 is 0 Å². The van der Waals surface area contributed by atoms with Crippen molar-refractivity contribution in [1.82, 2.24) is 5.01 Å². The second-order valence-electron chi connectivity index (χ2n) is 6.97. The average Bonchev–Trinajstić information content (AvgIpc) is 3.44. The fourth-order valence-electron chi connectivity index (χ4n) is 3.93. The van der Waals surface area contributed by atoms with Crippen LogP contribution in [0, 0.1) is 0 Å². The fraction of sp³-hybridized carbons (Fsp3) is 0.261. The van der Waals surface area contributed by atoms with Gasteiger partial charge in [-0.15, -0.1) is 0 Å². The van der Waals surface area contributed by atoms with Gasteiger partial charge in [-0.25, -0.2) is 5.01 Å². The van der Waals surface area contributed by atoms with Gasteiger partial charge in [0.2, 0.25) is 6.23 Å². The molecule has 29 heavy (non-hydrogen) atoms. The molecule has 0 fully saturated rings. The molecule has 3 heterocycles. The van der Waals surface area contributed by atoms with Crippen LogP contribution in [0.3, 0.4) is 0 Å². The Morgan fingerprint density at radius 1 is 1.10 bits per heavy atom. The number of ether oxygens (including phenoxy) is 3. The minimum absolute atomic E-state index is 0.0476. The van der Waals surface area contributed by atoms with Crippen LogP contribution in [-0.2, 0) is 0 Å². The van der Waals surface area contributed by atoms with Gasteiger partial charge < -0.3 is 18.6 Å². The molecule has 0 saturated heterocycles. The Kier molecular flexibility index (Phi) is 4.39. The van der Waals surface area contributed by atoms with E-state index in [-0.39, 0.29) is 12.3 Å². The quantitative estimate of drug-likeness (QED) is 0.618. The Balaban J connectivity index is 1.60. The van der Waals surface area contributed by atoms with Crippen LogP contribution in [0.25, 0.3) is 0 Å². The molecule has 2 unspecified atom stereocenters. The van der Waals surface area contributed by atoms with E-state index in [4.69, 9.17) is 23.7 Å². The lowest BCUT2D eigenvalue weighted by Gasteiger charge is -2.38. The molecule has 2 aliphatic heterocycles. The molecule has 0 spiro atoms. The molecule has 0 aliphatic carbocycles. The Hall–Kier alpha value is -3.41. The minimum atomic E-state index is -0.368. The summed E-state index contributed by atoms with van der Waals surface area (Å²) >= 11 is 0. The number of methoxy groups -OCH3 is 1. The maximum Gasteiger partial charge on any atom is 0.214 e. The van der Waals surface area contributed by atoms with E-state index in [1.54, 1.807) is 13.4 Å². The normalized spacial score (nSPS) is 19.8. The van der Waals surface area contributed by atoms with Gasteiger partial charge in [0, 0.05) is 17.5 Å². The summed E-state index contributed by atoms with van der Waals surface area (Å²) in [6.45, 7) is 2.55. The number of furan rings is 1. The highest BCUT2D eigenvalue weighted by Crippen LogP contribution is 2.50. The summed E-state index contributed by atoms with van der Waals surface area (Å²) in [5.74, 6) is 3.13. The van der Waals surface area contributed by atoms with Gasteiger partial charge in [0.05, 0.1) is 26.0 Å². The summed E-state index contributed by atoms with van der Waals surface area (Å²) in [6, 6.07) is 17.8. The molecule has 148 valence electrons. The van der Waals surface area contributed by atoms with Crippen LogP contribution in [0.1, 0.15) is 42.5 Å². The van der Waals surface area contributed by atoms with E-state index in [1.165, 1.54) is 0 Å². The van der Waals surface area contributed by atoms with E-state index < -0.39 is 0 Å². The molecule has 0 amide bonds. The van der Waals surface area contributed by atoms with Crippen molar-refractivity contribution in [3.05, 3.63) is 77.7 Å². The number of para-hydroxylation sites is 1. The molecule has 1 aromatic heterocycles. The van der Waals surface area contributed by atoms with Gasteiger partial charge in [0.15, 0.2) is 11.5 Å². The van der Waals surface area contributed by atoms with E-state index in [0.29, 0.717) is 6.61 Å². The lowest BCUT2D eigenvalue weighted by atomic mass is 9.97. The highest BCUT2D eigenvalue weighted by Gasteiger charge is 2.42. The molecular weight excluding hydrogens is 368 g/mol. The van der Waals surface area contributed by atoms with Crippen molar-refractivity contribution in [2.45, 2.75) is 25.6 Å². The lowest BCUT2D eigenvalue weighted by molar-refractivity contribution is -0.0212.